The van der Waals surface area contributed by atoms with Crippen LogP contribution in [0.3, 0.4) is 0 Å². The molecule has 0 saturated carbocycles. The van der Waals surface area contributed by atoms with E-state index in [1.54, 1.807) is 6.07 Å². The number of azo groups is 1. The van der Waals surface area contributed by atoms with E-state index in [1.165, 1.54) is 19.1 Å². The topological polar surface area (TPSA) is 120 Å². The number of rotatable bonds is 5. The molecule has 3 amide bonds. The molecule has 2 aliphatic rings. The van der Waals surface area contributed by atoms with Crippen molar-refractivity contribution in [3.8, 4) is 0 Å². The highest BCUT2D eigenvalue weighted by atomic mass is 19.1. The number of benzene rings is 1. The van der Waals surface area contributed by atoms with Gasteiger partial charge in [-0.1, -0.05) is 6.07 Å². The van der Waals surface area contributed by atoms with E-state index < -0.39 is 23.9 Å². The van der Waals surface area contributed by atoms with Gasteiger partial charge >= 0.3 is 12.0 Å². The Labute approximate surface area is 160 Å². The molecule has 1 heterocycles. The fourth-order valence-electron chi connectivity index (χ4n) is 3.39. The maximum Gasteiger partial charge on any atom is 0.325 e. The van der Waals surface area contributed by atoms with E-state index in [4.69, 9.17) is 5.11 Å². The van der Waals surface area contributed by atoms with Crippen LogP contribution in [-0.4, -0.2) is 35.1 Å². The van der Waals surface area contributed by atoms with Crippen LogP contribution >= 0.6 is 0 Å². The SMILES string of the molecule is C[C@H](NC(=O)Nc1cc(CC2N=NC(=O)C3=C2CCCC3)ccc1F)C(=O)O. The van der Waals surface area contributed by atoms with Gasteiger partial charge in [0, 0.05) is 12.0 Å². The van der Waals surface area contributed by atoms with Gasteiger partial charge in [0.05, 0.1) is 11.7 Å². The van der Waals surface area contributed by atoms with Crippen molar-refractivity contribution in [2.45, 2.75) is 51.1 Å². The Bertz CT molecular complexity index is 881. The minimum absolute atomic E-state index is 0.0609. The first-order valence-corrected chi connectivity index (χ1v) is 9.11. The average molecular weight is 388 g/mol. The van der Waals surface area contributed by atoms with Gasteiger partial charge in [0.2, 0.25) is 0 Å². The summed E-state index contributed by atoms with van der Waals surface area (Å²) in [5.74, 6) is -2.10. The van der Waals surface area contributed by atoms with Crippen LogP contribution < -0.4 is 10.6 Å². The van der Waals surface area contributed by atoms with Gasteiger partial charge in [-0.15, -0.1) is 5.11 Å². The van der Waals surface area contributed by atoms with Gasteiger partial charge < -0.3 is 15.7 Å². The molecule has 1 aliphatic carbocycles. The standard InChI is InChI=1S/C19H21FN4O4/c1-10(18(26)27)21-19(28)22-16-9-11(6-7-14(16)20)8-15-12-4-2-3-5-13(12)17(25)24-23-15/h6-7,9-10,15H,2-5,8H2,1H3,(H,26,27)(H2,21,22,28)/t10-,15?/m0/s1. The molecule has 1 aromatic rings. The molecule has 0 radical (unpaired) electrons. The number of halogens is 1. The first-order chi connectivity index (χ1) is 13.3. The third-order valence-electron chi connectivity index (χ3n) is 4.88. The highest BCUT2D eigenvalue weighted by Crippen LogP contribution is 2.34. The summed E-state index contributed by atoms with van der Waals surface area (Å²) in [6.07, 6.45) is 3.89. The van der Waals surface area contributed by atoms with Crippen molar-refractivity contribution >= 4 is 23.6 Å². The van der Waals surface area contributed by atoms with Crippen LogP contribution in [-0.2, 0) is 16.0 Å². The molecule has 1 aromatic carbocycles. The summed E-state index contributed by atoms with van der Waals surface area (Å²) in [7, 11) is 0. The van der Waals surface area contributed by atoms with E-state index in [0.717, 1.165) is 36.0 Å². The smallest absolute Gasteiger partial charge is 0.325 e. The summed E-state index contributed by atoms with van der Waals surface area (Å²) < 4.78 is 14.1. The van der Waals surface area contributed by atoms with Crippen LogP contribution in [0.25, 0.3) is 0 Å². The van der Waals surface area contributed by atoms with Crippen LogP contribution in [0.4, 0.5) is 14.9 Å². The number of carbonyl (C=O) groups excluding carboxylic acids is 2. The largest absolute Gasteiger partial charge is 0.480 e. The summed E-state index contributed by atoms with van der Waals surface area (Å²) in [5, 5.41) is 21.2. The van der Waals surface area contributed by atoms with Crippen molar-refractivity contribution in [1.29, 1.82) is 0 Å². The molecule has 0 fully saturated rings. The summed E-state index contributed by atoms with van der Waals surface area (Å²) in [5.41, 5.74) is 2.40. The van der Waals surface area contributed by atoms with Gasteiger partial charge in [0.1, 0.15) is 11.9 Å². The molecule has 2 atom stereocenters. The van der Waals surface area contributed by atoms with E-state index in [1.807, 2.05) is 0 Å². The molecule has 9 heteroatoms. The van der Waals surface area contributed by atoms with Gasteiger partial charge in [-0.3, -0.25) is 9.59 Å². The van der Waals surface area contributed by atoms with Crippen LogP contribution in [0.1, 0.15) is 38.2 Å². The number of hydrogen-bond acceptors (Lipinski definition) is 4. The Balaban J connectivity index is 1.74. The molecule has 0 aromatic heterocycles. The lowest BCUT2D eigenvalue weighted by Crippen LogP contribution is -2.41. The Kier molecular flexibility index (Phi) is 5.81. The van der Waals surface area contributed by atoms with Crippen molar-refractivity contribution in [3.05, 3.63) is 40.7 Å². The highest BCUT2D eigenvalue weighted by molar-refractivity contribution is 5.95. The van der Waals surface area contributed by atoms with Crippen LogP contribution in [0, 0.1) is 5.82 Å². The zero-order valence-corrected chi connectivity index (χ0v) is 15.4. The van der Waals surface area contributed by atoms with Gasteiger partial charge in [0.15, 0.2) is 0 Å². The summed E-state index contributed by atoms with van der Waals surface area (Å²) in [6.45, 7) is 1.31. The first-order valence-electron chi connectivity index (χ1n) is 9.11. The van der Waals surface area contributed by atoms with E-state index in [2.05, 4.69) is 20.9 Å². The van der Waals surface area contributed by atoms with Crippen molar-refractivity contribution in [2.75, 3.05) is 5.32 Å². The number of aliphatic carboxylic acids is 1. The maximum absolute atomic E-state index is 14.1. The Hall–Kier alpha value is -3.10. The fraction of sp³-hybridized carbons (Fsp3) is 0.421. The van der Waals surface area contributed by atoms with Gasteiger partial charge in [-0.05, 0) is 55.9 Å². The number of amides is 3. The second kappa shape index (κ2) is 8.28. The van der Waals surface area contributed by atoms with E-state index in [-0.39, 0.29) is 17.6 Å². The molecule has 1 unspecified atom stereocenters. The highest BCUT2D eigenvalue weighted by Gasteiger charge is 2.29. The van der Waals surface area contributed by atoms with E-state index in [0.29, 0.717) is 12.8 Å². The van der Waals surface area contributed by atoms with Crippen molar-refractivity contribution < 1.29 is 23.9 Å². The first kappa shape index (κ1) is 19.7. The Morgan fingerprint density at radius 2 is 2.07 bits per heavy atom. The predicted octanol–water partition coefficient (Wildman–Crippen LogP) is 3.19. The number of carboxylic acid groups (broad SMARTS) is 1. The summed E-state index contributed by atoms with van der Waals surface area (Å²) in [6, 6.07) is 2.11. The molecule has 8 nitrogen and oxygen atoms in total. The monoisotopic (exact) mass is 388 g/mol. The number of hydrogen-bond donors (Lipinski definition) is 3. The average Bonchev–Trinajstić information content (AvgIpc) is 2.66. The normalized spacial score (nSPS) is 19.8. The number of carboxylic acids is 1. The van der Waals surface area contributed by atoms with Crippen molar-refractivity contribution in [2.24, 2.45) is 10.2 Å². The van der Waals surface area contributed by atoms with Crippen LogP contribution in [0.5, 0.6) is 0 Å². The third kappa shape index (κ3) is 4.41. The van der Waals surface area contributed by atoms with E-state index in [9.17, 15) is 18.8 Å². The molecule has 3 rings (SSSR count). The Morgan fingerprint density at radius 1 is 1.32 bits per heavy atom. The molecule has 1 aliphatic heterocycles. The Morgan fingerprint density at radius 3 is 2.82 bits per heavy atom. The van der Waals surface area contributed by atoms with Gasteiger partial charge in [0.25, 0.3) is 5.91 Å². The number of anilines is 1. The lowest BCUT2D eigenvalue weighted by atomic mass is 9.84. The lowest BCUT2D eigenvalue weighted by molar-refractivity contribution is -0.138. The lowest BCUT2D eigenvalue weighted by Gasteiger charge is -2.26. The number of nitrogens with one attached hydrogen (secondary N) is 2. The zero-order valence-electron chi connectivity index (χ0n) is 15.4. The van der Waals surface area contributed by atoms with Crippen molar-refractivity contribution in [1.82, 2.24) is 5.32 Å². The molecular weight excluding hydrogens is 367 g/mol. The molecular formula is C19H21FN4O4. The van der Waals surface area contributed by atoms with Crippen molar-refractivity contribution in [3.63, 3.8) is 0 Å². The quantitative estimate of drug-likeness (QED) is 0.717. The fourth-order valence-corrected chi connectivity index (χ4v) is 3.39. The molecule has 0 bridgehead atoms. The molecule has 3 N–H and O–H groups in total. The summed E-state index contributed by atoms with van der Waals surface area (Å²) >= 11 is 0. The molecule has 28 heavy (non-hydrogen) atoms. The summed E-state index contributed by atoms with van der Waals surface area (Å²) in [4.78, 5) is 34.6. The molecule has 0 spiro atoms. The predicted molar refractivity (Wildman–Crippen MR) is 98.5 cm³/mol. The van der Waals surface area contributed by atoms with Crippen LogP contribution in [0.2, 0.25) is 0 Å². The third-order valence-corrected chi connectivity index (χ3v) is 4.88. The number of carbonyl (C=O) groups is 3. The zero-order chi connectivity index (χ0) is 20.3. The maximum atomic E-state index is 14.1. The number of urea groups is 1. The molecule has 0 saturated heterocycles. The molecule has 148 valence electrons. The van der Waals surface area contributed by atoms with Crippen LogP contribution in [0.15, 0.2) is 39.6 Å². The minimum atomic E-state index is -1.20. The van der Waals surface area contributed by atoms with Gasteiger partial charge in [-0.2, -0.15) is 5.11 Å². The van der Waals surface area contributed by atoms with E-state index >= 15 is 0 Å². The second-order valence-electron chi connectivity index (χ2n) is 6.92. The van der Waals surface area contributed by atoms with Gasteiger partial charge in [-0.25, -0.2) is 9.18 Å². The number of nitrogens with zero attached hydrogens (tertiary/aromatic N) is 2. The minimum Gasteiger partial charge on any atom is -0.480 e. The second-order valence-corrected chi connectivity index (χ2v) is 6.92.